The van der Waals surface area contributed by atoms with Crippen LogP contribution in [0.2, 0.25) is 0 Å². The highest BCUT2D eigenvalue weighted by Gasteiger charge is 2.21. The number of carboxylic acids is 1. The van der Waals surface area contributed by atoms with Crippen molar-refractivity contribution in [3.8, 4) is 0 Å². The lowest BCUT2D eigenvalue weighted by molar-refractivity contribution is 0.0463. The molecule has 0 saturated heterocycles. The lowest BCUT2D eigenvalue weighted by Crippen LogP contribution is -2.14. The largest absolute Gasteiger partial charge is 0.478 e. The molecule has 2 aromatic carbocycles. The number of benzene rings is 2. The van der Waals surface area contributed by atoms with E-state index < -0.39 is 11.9 Å². The number of unbranched alkanes of at least 4 members (excludes halogenated alkanes) is 1. The van der Waals surface area contributed by atoms with Gasteiger partial charge in [-0.3, -0.25) is 0 Å². The van der Waals surface area contributed by atoms with E-state index in [0.717, 1.165) is 18.4 Å². The van der Waals surface area contributed by atoms with Crippen molar-refractivity contribution in [3.63, 3.8) is 0 Å². The highest BCUT2D eigenvalue weighted by molar-refractivity contribution is 6.03. The van der Waals surface area contributed by atoms with E-state index in [-0.39, 0.29) is 17.7 Å². The first-order valence-electron chi connectivity index (χ1n) is 7.69. The zero-order valence-electron chi connectivity index (χ0n) is 13.1. The first kappa shape index (κ1) is 16.7. The van der Waals surface area contributed by atoms with Crippen molar-refractivity contribution in [1.82, 2.24) is 0 Å². The molecule has 4 nitrogen and oxygen atoms in total. The van der Waals surface area contributed by atoms with Crippen LogP contribution in [0.4, 0.5) is 0 Å². The van der Waals surface area contributed by atoms with E-state index in [0.29, 0.717) is 12.0 Å². The summed E-state index contributed by atoms with van der Waals surface area (Å²) in [4.78, 5) is 23.9. The number of carbonyl (C=O) groups is 2. The van der Waals surface area contributed by atoms with E-state index in [4.69, 9.17) is 4.74 Å². The first-order chi connectivity index (χ1) is 11.1. The summed E-state index contributed by atoms with van der Waals surface area (Å²) in [6.45, 7) is 2.16. The van der Waals surface area contributed by atoms with Crippen LogP contribution in [0.3, 0.4) is 0 Å². The van der Waals surface area contributed by atoms with E-state index in [1.807, 2.05) is 37.3 Å². The lowest BCUT2D eigenvalue weighted by Gasteiger charge is -2.11. The number of aryl methyl sites for hydroxylation is 1. The van der Waals surface area contributed by atoms with Crippen LogP contribution in [0.25, 0.3) is 0 Å². The summed E-state index contributed by atoms with van der Waals surface area (Å²) in [6.07, 6.45) is 2.47. The molecule has 120 valence electrons. The molecule has 0 amide bonds. The highest BCUT2D eigenvalue weighted by Crippen LogP contribution is 2.19. The van der Waals surface area contributed by atoms with Crippen molar-refractivity contribution in [2.45, 2.75) is 32.8 Å². The summed E-state index contributed by atoms with van der Waals surface area (Å²) in [5, 5.41) is 9.47. The van der Waals surface area contributed by atoms with Crippen molar-refractivity contribution in [2.24, 2.45) is 0 Å². The Balaban J connectivity index is 2.20. The molecule has 0 saturated carbocycles. The van der Waals surface area contributed by atoms with E-state index in [2.05, 4.69) is 0 Å². The van der Waals surface area contributed by atoms with Gasteiger partial charge in [0.1, 0.15) is 6.61 Å². The van der Waals surface area contributed by atoms with Gasteiger partial charge in [0.2, 0.25) is 0 Å². The molecule has 0 bridgehead atoms. The topological polar surface area (TPSA) is 63.6 Å². The molecule has 0 aliphatic heterocycles. The Morgan fingerprint density at radius 2 is 1.78 bits per heavy atom. The molecule has 4 heteroatoms. The summed E-state index contributed by atoms with van der Waals surface area (Å²) < 4.78 is 5.26. The molecule has 0 aliphatic carbocycles. The van der Waals surface area contributed by atoms with Crippen LogP contribution in [-0.2, 0) is 17.8 Å². The summed E-state index contributed by atoms with van der Waals surface area (Å²) in [5.74, 6) is -1.70. The molecule has 0 heterocycles. The first-order valence-corrected chi connectivity index (χ1v) is 7.69. The molecule has 2 aromatic rings. The Kier molecular flexibility index (Phi) is 5.92. The van der Waals surface area contributed by atoms with Gasteiger partial charge < -0.3 is 9.84 Å². The van der Waals surface area contributed by atoms with Gasteiger partial charge in [0.05, 0.1) is 11.1 Å². The third-order valence-corrected chi connectivity index (χ3v) is 3.60. The van der Waals surface area contributed by atoms with Crippen molar-refractivity contribution < 1.29 is 19.4 Å². The lowest BCUT2D eigenvalue weighted by atomic mass is 9.97. The van der Waals surface area contributed by atoms with Gasteiger partial charge in [-0.05, 0) is 30.0 Å². The van der Waals surface area contributed by atoms with Crippen LogP contribution in [0.15, 0.2) is 48.5 Å². The second kappa shape index (κ2) is 8.13. The fraction of sp³-hybridized carbons (Fsp3) is 0.263. The van der Waals surface area contributed by atoms with Crippen LogP contribution in [0.1, 0.15) is 51.6 Å². The Labute approximate surface area is 135 Å². The van der Waals surface area contributed by atoms with E-state index >= 15 is 0 Å². The molecule has 0 spiro atoms. The predicted octanol–water partition coefficient (Wildman–Crippen LogP) is 4.08. The van der Waals surface area contributed by atoms with Crippen molar-refractivity contribution in [3.05, 3.63) is 70.8 Å². The van der Waals surface area contributed by atoms with Gasteiger partial charge in [-0.25, -0.2) is 9.59 Å². The average molecular weight is 312 g/mol. The highest BCUT2D eigenvalue weighted by atomic mass is 16.5. The minimum Gasteiger partial charge on any atom is -0.478 e. The maximum Gasteiger partial charge on any atom is 0.339 e. The Bertz CT molecular complexity index is 677. The van der Waals surface area contributed by atoms with E-state index in [9.17, 15) is 14.7 Å². The molecule has 0 unspecified atom stereocenters. The van der Waals surface area contributed by atoms with Crippen LogP contribution < -0.4 is 0 Å². The Hall–Kier alpha value is -2.62. The van der Waals surface area contributed by atoms with Crippen molar-refractivity contribution in [1.29, 1.82) is 0 Å². The molecule has 0 aliphatic rings. The second-order valence-electron chi connectivity index (χ2n) is 5.31. The Morgan fingerprint density at radius 1 is 1.04 bits per heavy atom. The third kappa shape index (κ3) is 4.42. The predicted molar refractivity (Wildman–Crippen MR) is 87.6 cm³/mol. The minimum atomic E-state index is -1.09. The fourth-order valence-electron chi connectivity index (χ4n) is 2.40. The number of esters is 1. The molecule has 0 atom stereocenters. The fourth-order valence-corrected chi connectivity index (χ4v) is 2.40. The molecule has 1 N–H and O–H groups in total. The van der Waals surface area contributed by atoms with Gasteiger partial charge in [-0.1, -0.05) is 55.8 Å². The molecule has 0 fully saturated rings. The average Bonchev–Trinajstić information content (AvgIpc) is 2.58. The third-order valence-electron chi connectivity index (χ3n) is 3.60. The SMILES string of the molecule is CCCCc1cccc(C(=O)OCc2ccccc2)c1C(=O)O. The number of aromatic carboxylic acids is 1. The van der Waals surface area contributed by atoms with Crippen LogP contribution in [0.5, 0.6) is 0 Å². The number of carboxylic acid groups (broad SMARTS) is 1. The van der Waals surface area contributed by atoms with E-state index in [1.165, 1.54) is 6.07 Å². The van der Waals surface area contributed by atoms with Gasteiger partial charge >= 0.3 is 11.9 Å². The smallest absolute Gasteiger partial charge is 0.339 e. The van der Waals surface area contributed by atoms with Crippen molar-refractivity contribution in [2.75, 3.05) is 0 Å². The normalized spacial score (nSPS) is 10.3. The summed E-state index contributed by atoms with van der Waals surface area (Å²) in [6, 6.07) is 14.3. The molecule has 0 radical (unpaired) electrons. The summed E-state index contributed by atoms with van der Waals surface area (Å²) in [5.41, 5.74) is 1.70. The number of carbonyl (C=O) groups excluding carboxylic acids is 1. The molecule has 23 heavy (non-hydrogen) atoms. The Morgan fingerprint density at radius 3 is 2.43 bits per heavy atom. The van der Waals surface area contributed by atoms with Gasteiger partial charge in [-0.15, -0.1) is 0 Å². The van der Waals surface area contributed by atoms with Gasteiger partial charge in [0, 0.05) is 0 Å². The minimum absolute atomic E-state index is 0.0546. The number of rotatable bonds is 7. The molecule has 2 rings (SSSR count). The van der Waals surface area contributed by atoms with Crippen LogP contribution in [-0.4, -0.2) is 17.0 Å². The van der Waals surface area contributed by atoms with E-state index in [1.54, 1.807) is 12.1 Å². The maximum absolute atomic E-state index is 12.3. The zero-order chi connectivity index (χ0) is 16.7. The van der Waals surface area contributed by atoms with Gasteiger partial charge in [-0.2, -0.15) is 0 Å². The maximum atomic E-state index is 12.3. The quantitative estimate of drug-likeness (QED) is 0.782. The van der Waals surface area contributed by atoms with Crippen LogP contribution in [0, 0.1) is 0 Å². The molecular weight excluding hydrogens is 292 g/mol. The van der Waals surface area contributed by atoms with Crippen LogP contribution >= 0.6 is 0 Å². The number of hydrogen-bond acceptors (Lipinski definition) is 3. The number of ether oxygens (including phenoxy) is 1. The zero-order valence-corrected chi connectivity index (χ0v) is 13.1. The molecular formula is C19H20O4. The summed E-state index contributed by atoms with van der Waals surface area (Å²) in [7, 11) is 0. The number of hydrogen-bond donors (Lipinski definition) is 1. The monoisotopic (exact) mass is 312 g/mol. The molecule has 0 aromatic heterocycles. The van der Waals surface area contributed by atoms with Crippen molar-refractivity contribution >= 4 is 11.9 Å². The summed E-state index contributed by atoms with van der Waals surface area (Å²) >= 11 is 0. The van der Waals surface area contributed by atoms with Gasteiger partial charge in [0.25, 0.3) is 0 Å². The second-order valence-corrected chi connectivity index (χ2v) is 5.31. The standard InChI is InChI=1S/C19H20O4/c1-2-3-10-15-11-7-12-16(17(15)18(20)21)19(22)23-13-14-8-5-4-6-9-14/h4-9,11-12H,2-3,10,13H2,1H3,(H,20,21). The van der Waals surface area contributed by atoms with Gasteiger partial charge in [0.15, 0.2) is 0 Å².